The summed E-state index contributed by atoms with van der Waals surface area (Å²) in [6.07, 6.45) is 0. The minimum absolute atomic E-state index is 0.170. The van der Waals surface area contributed by atoms with Crippen LogP contribution in [0.1, 0.15) is 12.8 Å². The van der Waals surface area contributed by atoms with Gasteiger partial charge in [-0.15, -0.1) is 0 Å². The summed E-state index contributed by atoms with van der Waals surface area (Å²) in [5.74, 6) is 1.88. The number of hydrogen-bond acceptors (Lipinski definition) is 6. The number of rotatable bonds is 7. The van der Waals surface area contributed by atoms with Gasteiger partial charge in [0, 0.05) is 22.8 Å². The van der Waals surface area contributed by atoms with Crippen molar-refractivity contribution in [2.75, 3.05) is 26.1 Å². The van der Waals surface area contributed by atoms with Crippen LogP contribution in [-0.2, 0) is 6.54 Å². The smallest absolute Gasteiger partial charge is 0.322 e. The van der Waals surface area contributed by atoms with Crippen molar-refractivity contribution in [3.63, 3.8) is 0 Å². The molecule has 0 aliphatic heterocycles. The molecule has 9 heteroatoms. The maximum atomic E-state index is 12.5. The molecule has 0 unspecified atom stereocenters. The van der Waals surface area contributed by atoms with Gasteiger partial charge >= 0.3 is 6.03 Å². The highest BCUT2D eigenvalue weighted by Gasteiger charge is 2.18. The number of benzene rings is 2. The summed E-state index contributed by atoms with van der Waals surface area (Å²) in [6.45, 7) is 2.49. The lowest BCUT2D eigenvalue weighted by molar-refractivity contribution is 0.203. The normalized spacial score (nSPS) is 10.5. The van der Waals surface area contributed by atoms with Crippen molar-refractivity contribution in [1.82, 2.24) is 15.0 Å². The van der Waals surface area contributed by atoms with Crippen molar-refractivity contribution in [2.24, 2.45) is 0 Å². The highest BCUT2D eigenvalue weighted by molar-refractivity contribution is 6.30. The van der Waals surface area contributed by atoms with Gasteiger partial charge in [0.05, 0.1) is 14.2 Å². The topological polar surface area (TPSA) is 89.7 Å². The quantitative estimate of drug-likeness (QED) is 0.611. The second kappa shape index (κ2) is 9.29. The third kappa shape index (κ3) is 4.97. The van der Waals surface area contributed by atoms with Crippen LogP contribution in [0.15, 0.2) is 47.0 Å². The fourth-order valence-electron chi connectivity index (χ4n) is 2.67. The fourth-order valence-corrected chi connectivity index (χ4v) is 2.86. The van der Waals surface area contributed by atoms with Gasteiger partial charge in [0.2, 0.25) is 11.7 Å². The first kappa shape index (κ1) is 20.5. The Hall–Kier alpha value is -3.26. The number of ether oxygens (including phenoxy) is 2. The minimum Gasteiger partial charge on any atom is -0.493 e. The summed E-state index contributed by atoms with van der Waals surface area (Å²) in [4.78, 5) is 18.5. The zero-order valence-electron chi connectivity index (χ0n) is 16.3. The molecule has 1 heterocycles. The maximum absolute atomic E-state index is 12.5. The van der Waals surface area contributed by atoms with E-state index in [2.05, 4.69) is 15.5 Å². The molecule has 152 valence electrons. The molecule has 8 nitrogen and oxygen atoms in total. The van der Waals surface area contributed by atoms with Gasteiger partial charge < -0.3 is 24.2 Å². The number of methoxy groups -OCH3 is 2. The minimum atomic E-state index is -0.291. The Morgan fingerprint density at radius 3 is 2.66 bits per heavy atom. The Bertz CT molecular complexity index is 992. The van der Waals surface area contributed by atoms with Crippen LogP contribution in [0, 0.1) is 0 Å². The second-order valence-corrected chi connectivity index (χ2v) is 6.47. The molecule has 0 saturated heterocycles. The average Bonchev–Trinajstić information content (AvgIpc) is 3.20. The van der Waals surface area contributed by atoms with E-state index in [1.165, 1.54) is 0 Å². The zero-order valence-corrected chi connectivity index (χ0v) is 17.1. The predicted octanol–water partition coefficient (Wildman–Crippen LogP) is 4.46. The van der Waals surface area contributed by atoms with E-state index in [0.717, 1.165) is 0 Å². The summed E-state index contributed by atoms with van der Waals surface area (Å²) in [7, 11) is 3.12. The molecule has 0 atom stereocenters. The van der Waals surface area contributed by atoms with Crippen molar-refractivity contribution in [3.05, 3.63) is 53.4 Å². The molecule has 0 bridgehead atoms. The standard InChI is InChI=1S/C20H21ClN4O4/c1-4-25(20(26)22-15-7-5-6-14(21)11-15)12-18-23-19(24-29-18)13-8-9-16(27-2)17(10-13)28-3/h5-11H,4,12H2,1-3H3,(H,22,26). The molecule has 1 aromatic heterocycles. The maximum Gasteiger partial charge on any atom is 0.322 e. The molecule has 2 aromatic carbocycles. The van der Waals surface area contributed by atoms with Crippen LogP contribution < -0.4 is 14.8 Å². The lowest BCUT2D eigenvalue weighted by Gasteiger charge is -2.19. The SMILES string of the molecule is CCN(Cc1nc(-c2ccc(OC)c(OC)c2)no1)C(=O)Nc1cccc(Cl)c1. The van der Waals surface area contributed by atoms with E-state index in [0.29, 0.717) is 46.0 Å². The van der Waals surface area contributed by atoms with Gasteiger partial charge in [-0.05, 0) is 43.3 Å². The van der Waals surface area contributed by atoms with Gasteiger partial charge in [-0.2, -0.15) is 4.98 Å². The van der Waals surface area contributed by atoms with Crippen LogP contribution >= 0.6 is 11.6 Å². The van der Waals surface area contributed by atoms with Gasteiger partial charge in [-0.3, -0.25) is 0 Å². The highest BCUT2D eigenvalue weighted by atomic mass is 35.5. The number of carbonyl (C=O) groups is 1. The van der Waals surface area contributed by atoms with E-state index in [-0.39, 0.29) is 12.6 Å². The molecule has 0 spiro atoms. The Kier molecular flexibility index (Phi) is 6.56. The Morgan fingerprint density at radius 2 is 1.97 bits per heavy atom. The summed E-state index contributed by atoms with van der Waals surface area (Å²) in [5.41, 5.74) is 1.32. The number of anilines is 1. The molecular formula is C20H21ClN4O4. The fraction of sp³-hybridized carbons (Fsp3) is 0.250. The summed E-state index contributed by atoms with van der Waals surface area (Å²) in [6, 6.07) is 12.0. The third-order valence-electron chi connectivity index (χ3n) is 4.18. The first-order valence-electron chi connectivity index (χ1n) is 8.90. The van der Waals surface area contributed by atoms with Crippen molar-refractivity contribution in [2.45, 2.75) is 13.5 Å². The molecule has 29 heavy (non-hydrogen) atoms. The lowest BCUT2D eigenvalue weighted by atomic mass is 10.2. The molecule has 3 aromatic rings. The Labute approximate surface area is 173 Å². The first-order valence-corrected chi connectivity index (χ1v) is 9.28. The molecular weight excluding hydrogens is 396 g/mol. The van der Waals surface area contributed by atoms with Gasteiger partial charge in [0.25, 0.3) is 0 Å². The van der Waals surface area contributed by atoms with Crippen LogP contribution in [0.5, 0.6) is 11.5 Å². The molecule has 0 radical (unpaired) electrons. The molecule has 0 saturated carbocycles. The van der Waals surface area contributed by atoms with Crippen LogP contribution in [0.3, 0.4) is 0 Å². The van der Waals surface area contributed by atoms with E-state index in [4.69, 9.17) is 25.6 Å². The summed E-state index contributed by atoms with van der Waals surface area (Å²) >= 11 is 5.96. The number of hydrogen-bond donors (Lipinski definition) is 1. The molecule has 2 amide bonds. The molecule has 0 aliphatic carbocycles. The van der Waals surface area contributed by atoms with Gasteiger partial charge in [-0.1, -0.05) is 22.8 Å². The number of carbonyl (C=O) groups excluding carboxylic acids is 1. The van der Waals surface area contributed by atoms with Crippen molar-refractivity contribution < 1.29 is 18.8 Å². The summed E-state index contributed by atoms with van der Waals surface area (Å²) in [5, 5.41) is 7.35. The van der Waals surface area contributed by atoms with E-state index in [1.807, 2.05) is 6.92 Å². The monoisotopic (exact) mass is 416 g/mol. The zero-order chi connectivity index (χ0) is 20.8. The predicted molar refractivity (Wildman–Crippen MR) is 109 cm³/mol. The van der Waals surface area contributed by atoms with Crippen LogP contribution in [0.4, 0.5) is 10.5 Å². The molecule has 1 N–H and O–H groups in total. The Balaban J connectivity index is 1.71. The van der Waals surface area contributed by atoms with Crippen LogP contribution in [-0.4, -0.2) is 41.8 Å². The number of halogens is 1. The van der Waals surface area contributed by atoms with E-state index < -0.39 is 0 Å². The van der Waals surface area contributed by atoms with E-state index >= 15 is 0 Å². The van der Waals surface area contributed by atoms with Crippen molar-refractivity contribution >= 4 is 23.3 Å². The van der Waals surface area contributed by atoms with E-state index in [9.17, 15) is 4.79 Å². The second-order valence-electron chi connectivity index (χ2n) is 6.04. The van der Waals surface area contributed by atoms with Crippen molar-refractivity contribution in [1.29, 1.82) is 0 Å². The largest absolute Gasteiger partial charge is 0.493 e. The van der Waals surface area contributed by atoms with Crippen LogP contribution in [0.25, 0.3) is 11.4 Å². The lowest BCUT2D eigenvalue weighted by Crippen LogP contribution is -2.34. The number of nitrogens with zero attached hydrogens (tertiary/aromatic N) is 3. The van der Waals surface area contributed by atoms with Gasteiger partial charge in [0.1, 0.15) is 6.54 Å². The average molecular weight is 417 g/mol. The van der Waals surface area contributed by atoms with Crippen LogP contribution in [0.2, 0.25) is 5.02 Å². The molecule has 0 aliphatic rings. The van der Waals surface area contributed by atoms with Gasteiger partial charge in [0.15, 0.2) is 11.5 Å². The first-order chi connectivity index (χ1) is 14.0. The summed E-state index contributed by atoms with van der Waals surface area (Å²) < 4.78 is 15.9. The molecule has 0 fully saturated rings. The highest BCUT2D eigenvalue weighted by Crippen LogP contribution is 2.31. The Morgan fingerprint density at radius 1 is 1.17 bits per heavy atom. The number of aromatic nitrogens is 2. The number of urea groups is 1. The molecule has 3 rings (SSSR count). The van der Waals surface area contributed by atoms with E-state index in [1.54, 1.807) is 61.6 Å². The third-order valence-corrected chi connectivity index (χ3v) is 4.42. The van der Waals surface area contributed by atoms with Gasteiger partial charge in [-0.25, -0.2) is 4.79 Å². The number of nitrogens with one attached hydrogen (secondary N) is 1. The van der Waals surface area contributed by atoms with Crippen molar-refractivity contribution in [3.8, 4) is 22.9 Å². The number of amides is 2.